The molecule has 0 radical (unpaired) electrons. The number of nitrogens with zero attached hydrogens (tertiary/aromatic N) is 1. The van der Waals surface area contributed by atoms with Gasteiger partial charge in [0.15, 0.2) is 0 Å². The molecule has 0 fully saturated rings. The molecule has 0 aliphatic heterocycles. The summed E-state index contributed by atoms with van der Waals surface area (Å²) >= 11 is 0. The van der Waals surface area contributed by atoms with E-state index in [1.807, 2.05) is 13.8 Å². The summed E-state index contributed by atoms with van der Waals surface area (Å²) < 4.78 is 11.0. The molecule has 0 spiro atoms. The second-order valence-electron chi connectivity index (χ2n) is 5.87. The molecule has 1 amide bonds. The highest BCUT2D eigenvalue weighted by molar-refractivity contribution is 5.85. The van der Waals surface area contributed by atoms with Gasteiger partial charge < -0.3 is 14.5 Å². The number of rotatable bonds is 9. The van der Waals surface area contributed by atoms with E-state index >= 15 is 0 Å². The van der Waals surface area contributed by atoms with E-state index in [9.17, 15) is 14.4 Å². The fourth-order valence-corrected chi connectivity index (χ4v) is 2.55. The fourth-order valence-electron chi connectivity index (χ4n) is 2.55. The van der Waals surface area contributed by atoms with Crippen LogP contribution in [0.5, 0.6) is 11.5 Å². The Kier molecular flexibility index (Phi) is 7.55. The zero-order valence-corrected chi connectivity index (χ0v) is 16.1. The molecule has 0 saturated heterocycles. The molecule has 0 saturated carbocycles. The minimum Gasteiger partial charge on any atom is -0.494 e. The van der Waals surface area contributed by atoms with Crippen molar-refractivity contribution in [1.29, 1.82) is 0 Å². The summed E-state index contributed by atoms with van der Waals surface area (Å²) in [5, 5.41) is 3.94. The summed E-state index contributed by atoms with van der Waals surface area (Å²) in [7, 11) is 0. The first-order valence-corrected chi connectivity index (χ1v) is 8.98. The molecule has 0 atom stereocenters. The molecule has 0 bridgehead atoms. The second-order valence-corrected chi connectivity index (χ2v) is 5.87. The summed E-state index contributed by atoms with van der Waals surface area (Å²) in [5.41, 5.74) is 2.86. The first-order chi connectivity index (χ1) is 13.4. The predicted molar refractivity (Wildman–Crippen MR) is 105 cm³/mol. The lowest BCUT2D eigenvalue weighted by Crippen LogP contribution is -2.28. The quantitative estimate of drug-likeness (QED) is 0.440. The van der Waals surface area contributed by atoms with Gasteiger partial charge >= 0.3 is 5.69 Å². The van der Waals surface area contributed by atoms with Crippen LogP contribution in [-0.4, -0.2) is 35.3 Å². The third kappa shape index (κ3) is 5.83. The highest BCUT2D eigenvalue weighted by Crippen LogP contribution is 2.23. The number of nitrogens with one attached hydrogen (secondary N) is 3. The van der Waals surface area contributed by atoms with Crippen LogP contribution in [0.4, 0.5) is 0 Å². The Morgan fingerprint density at radius 3 is 2.61 bits per heavy atom. The number of H-pyrrole nitrogens is 2. The summed E-state index contributed by atoms with van der Waals surface area (Å²) in [6, 6.07) is 5.34. The standard InChI is InChI=1S/C19H24N4O5/c1-4-27-14-7-6-13(16(10-14)28-5-2)11-20-23-17(24)9-8-15-12(3)21-19(26)22-18(15)25/h6-7,10-11H,4-5,8-9H2,1-3H3,(H,23,24)(H2,21,22,25,26)/b20-11+. The number of carbonyl (C=O) groups excluding carboxylic acids is 1. The Morgan fingerprint density at radius 2 is 1.93 bits per heavy atom. The van der Waals surface area contributed by atoms with Gasteiger partial charge in [-0.15, -0.1) is 0 Å². The fraction of sp³-hybridized carbons (Fsp3) is 0.368. The predicted octanol–water partition coefficient (Wildman–Crippen LogP) is 1.25. The molecule has 2 aromatic rings. The van der Waals surface area contributed by atoms with Crippen LogP contribution < -0.4 is 26.1 Å². The molecule has 9 nitrogen and oxygen atoms in total. The largest absolute Gasteiger partial charge is 0.494 e. The number of hydrogen-bond donors (Lipinski definition) is 3. The van der Waals surface area contributed by atoms with E-state index in [4.69, 9.17) is 9.47 Å². The van der Waals surface area contributed by atoms with Crippen molar-refractivity contribution in [2.24, 2.45) is 5.10 Å². The molecular formula is C19H24N4O5. The van der Waals surface area contributed by atoms with Crippen LogP contribution in [0.25, 0.3) is 0 Å². The Morgan fingerprint density at radius 1 is 1.18 bits per heavy atom. The van der Waals surface area contributed by atoms with Crippen molar-refractivity contribution in [2.45, 2.75) is 33.6 Å². The van der Waals surface area contributed by atoms with Gasteiger partial charge in [0.05, 0.1) is 19.4 Å². The molecule has 150 valence electrons. The van der Waals surface area contributed by atoms with Gasteiger partial charge in [-0.1, -0.05) is 0 Å². The first-order valence-electron chi connectivity index (χ1n) is 8.98. The van der Waals surface area contributed by atoms with E-state index in [0.717, 1.165) is 0 Å². The number of carbonyl (C=O) groups is 1. The van der Waals surface area contributed by atoms with Gasteiger partial charge in [-0.2, -0.15) is 5.10 Å². The van der Waals surface area contributed by atoms with Crippen LogP contribution in [0.2, 0.25) is 0 Å². The number of benzene rings is 1. The number of hydrazone groups is 1. The maximum atomic E-state index is 12.0. The first kappa shape index (κ1) is 20.9. The summed E-state index contributed by atoms with van der Waals surface area (Å²) in [6.07, 6.45) is 1.72. The third-order valence-corrected chi connectivity index (χ3v) is 3.85. The second kappa shape index (κ2) is 10.1. The molecule has 1 aromatic carbocycles. The molecule has 28 heavy (non-hydrogen) atoms. The van der Waals surface area contributed by atoms with Crippen molar-refractivity contribution in [3.63, 3.8) is 0 Å². The number of hydrogen-bond acceptors (Lipinski definition) is 6. The van der Waals surface area contributed by atoms with Crippen molar-refractivity contribution >= 4 is 12.1 Å². The van der Waals surface area contributed by atoms with Crippen molar-refractivity contribution in [2.75, 3.05) is 13.2 Å². The zero-order chi connectivity index (χ0) is 20.5. The van der Waals surface area contributed by atoms with Gasteiger partial charge in [0.25, 0.3) is 5.56 Å². The average Bonchev–Trinajstić information content (AvgIpc) is 2.63. The van der Waals surface area contributed by atoms with E-state index in [1.54, 1.807) is 25.1 Å². The van der Waals surface area contributed by atoms with Gasteiger partial charge in [0.1, 0.15) is 11.5 Å². The smallest absolute Gasteiger partial charge is 0.325 e. The van der Waals surface area contributed by atoms with Crippen LogP contribution in [0.1, 0.15) is 37.1 Å². The Balaban J connectivity index is 1.98. The van der Waals surface area contributed by atoms with E-state index in [0.29, 0.717) is 41.5 Å². The average molecular weight is 388 g/mol. The van der Waals surface area contributed by atoms with Gasteiger partial charge in [-0.3, -0.25) is 14.6 Å². The van der Waals surface area contributed by atoms with E-state index in [-0.39, 0.29) is 18.7 Å². The summed E-state index contributed by atoms with van der Waals surface area (Å²) in [6.45, 7) is 6.41. The topological polar surface area (TPSA) is 126 Å². The van der Waals surface area contributed by atoms with Crippen molar-refractivity contribution in [3.8, 4) is 11.5 Å². The van der Waals surface area contributed by atoms with E-state index in [2.05, 4.69) is 20.5 Å². The van der Waals surface area contributed by atoms with Crippen LogP contribution in [-0.2, 0) is 11.2 Å². The number of aromatic nitrogens is 2. The summed E-state index contributed by atoms with van der Waals surface area (Å²) in [5.74, 6) is 0.931. The monoisotopic (exact) mass is 388 g/mol. The number of aryl methyl sites for hydroxylation is 1. The van der Waals surface area contributed by atoms with E-state index < -0.39 is 11.2 Å². The highest BCUT2D eigenvalue weighted by atomic mass is 16.5. The molecule has 1 heterocycles. The lowest BCUT2D eigenvalue weighted by molar-refractivity contribution is -0.121. The molecule has 1 aromatic heterocycles. The maximum absolute atomic E-state index is 12.0. The third-order valence-electron chi connectivity index (χ3n) is 3.85. The number of ether oxygens (including phenoxy) is 2. The van der Waals surface area contributed by atoms with Crippen LogP contribution in [0, 0.1) is 6.92 Å². The lowest BCUT2D eigenvalue weighted by Gasteiger charge is -2.10. The number of amides is 1. The zero-order valence-electron chi connectivity index (χ0n) is 16.1. The SMILES string of the molecule is CCOc1ccc(/C=N/NC(=O)CCc2c(C)[nH]c(=O)[nH]c2=O)c(OCC)c1. The van der Waals surface area contributed by atoms with Gasteiger partial charge in [-0.25, -0.2) is 10.2 Å². The van der Waals surface area contributed by atoms with Gasteiger partial charge in [0.2, 0.25) is 5.91 Å². The van der Waals surface area contributed by atoms with Crippen LogP contribution in [0.15, 0.2) is 32.9 Å². The molecule has 0 aliphatic rings. The molecular weight excluding hydrogens is 364 g/mol. The molecule has 3 N–H and O–H groups in total. The minimum absolute atomic E-state index is 0.0505. The highest BCUT2D eigenvalue weighted by Gasteiger charge is 2.09. The minimum atomic E-state index is -0.569. The maximum Gasteiger partial charge on any atom is 0.325 e. The molecule has 2 rings (SSSR count). The van der Waals surface area contributed by atoms with Crippen LogP contribution in [0.3, 0.4) is 0 Å². The Labute approximate surface area is 161 Å². The lowest BCUT2D eigenvalue weighted by atomic mass is 10.1. The summed E-state index contributed by atoms with van der Waals surface area (Å²) in [4.78, 5) is 39.6. The molecule has 0 unspecified atom stereocenters. The van der Waals surface area contributed by atoms with Crippen molar-refractivity contribution in [1.82, 2.24) is 15.4 Å². The van der Waals surface area contributed by atoms with Gasteiger partial charge in [0, 0.05) is 29.3 Å². The molecule has 9 heteroatoms. The number of aromatic amines is 2. The van der Waals surface area contributed by atoms with Crippen molar-refractivity contribution < 1.29 is 14.3 Å². The Hall–Kier alpha value is -3.36. The molecule has 0 aliphatic carbocycles. The van der Waals surface area contributed by atoms with E-state index in [1.165, 1.54) is 6.21 Å². The normalized spacial score (nSPS) is 10.8. The van der Waals surface area contributed by atoms with Crippen LogP contribution >= 0.6 is 0 Å². The Bertz CT molecular complexity index is 962. The van der Waals surface area contributed by atoms with Gasteiger partial charge in [-0.05, 0) is 39.3 Å². The van der Waals surface area contributed by atoms with Crippen molar-refractivity contribution in [3.05, 3.63) is 55.9 Å².